The lowest BCUT2D eigenvalue weighted by Gasteiger charge is -2.28. The van der Waals surface area contributed by atoms with Gasteiger partial charge in [-0.2, -0.15) is 0 Å². The van der Waals surface area contributed by atoms with Gasteiger partial charge in [0.2, 0.25) is 5.91 Å². The van der Waals surface area contributed by atoms with Crippen molar-refractivity contribution < 1.29 is 4.79 Å². The molecule has 4 unspecified atom stereocenters. The maximum atomic E-state index is 13.0. The van der Waals surface area contributed by atoms with Gasteiger partial charge in [-0.3, -0.25) is 4.79 Å². The van der Waals surface area contributed by atoms with Crippen molar-refractivity contribution >= 4 is 29.1 Å². The molecule has 1 aliphatic carbocycles. The first kappa shape index (κ1) is 14.8. The molecule has 0 radical (unpaired) electrons. The summed E-state index contributed by atoms with van der Waals surface area (Å²) in [6, 6.07) is 6.44. The van der Waals surface area contributed by atoms with Crippen molar-refractivity contribution in [3.8, 4) is 0 Å². The Balaban J connectivity index is 1.51. The molecular weight excluding hydrogens is 319 g/mol. The number of rotatable bonds is 2. The van der Waals surface area contributed by atoms with Crippen LogP contribution in [0.4, 0.5) is 0 Å². The summed E-state index contributed by atoms with van der Waals surface area (Å²) in [7, 11) is 0. The Morgan fingerprint density at radius 1 is 1.18 bits per heavy atom. The van der Waals surface area contributed by atoms with Crippen molar-refractivity contribution in [2.45, 2.75) is 43.7 Å². The number of hydrogen-bond acceptors (Lipinski definition) is 2. The highest BCUT2D eigenvalue weighted by Gasteiger charge is 2.50. The van der Waals surface area contributed by atoms with Crippen molar-refractivity contribution in [3.05, 3.63) is 33.8 Å². The van der Waals surface area contributed by atoms with Crippen LogP contribution >= 0.6 is 23.2 Å². The first-order valence-corrected chi connectivity index (χ1v) is 8.88. The molecule has 4 rings (SSSR count). The summed E-state index contributed by atoms with van der Waals surface area (Å²) in [5.41, 5.74) is 1.07. The summed E-state index contributed by atoms with van der Waals surface area (Å²) < 4.78 is 0. The van der Waals surface area contributed by atoms with Crippen LogP contribution in [0, 0.1) is 5.92 Å². The largest absolute Gasteiger partial charge is 0.335 e. The van der Waals surface area contributed by atoms with Crippen LogP contribution in [-0.2, 0) is 4.79 Å². The zero-order valence-corrected chi connectivity index (χ0v) is 13.9. The Bertz CT molecular complexity index is 592. The molecule has 2 saturated heterocycles. The fraction of sp³-hybridized carbons (Fsp3) is 0.588. The molecule has 5 heteroatoms. The smallest absolute Gasteiger partial charge is 0.226 e. The third kappa shape index (κ3) is 2.53. The van der Waals surface area contributed by atoms with Crippen molar-refractivity contribution in [2.24, 2.45) is 5.92 Å². The second-order valence-electron chi connectivity index (χ2n) is 6.74. The van der Waals surface area contributed by atoms with E-state index in [2.05, 4.69) is 10.2 Å². The highest BCUT2D eigenvalue weighted by molar-refractivity contribution is 6.35. The number of fused-ring (bicyclic) bond motifs is 2. The topological polar surface area (TPSA) is 32.3 Å². The van der Waals surface area contributed by atoms with Gasteiger partial charge in [0.15, 0.2) is 0 Å². The van der Waals surface area contributed by atoms with Gasteiger partial charge in [-0.05, 0) is 55.8 Å². The number of amides is 1. The van der Waals surface area contributed by atoms with E-state index in [1.54, 1.807) is 6.07 Å². The van der Waals surface area contributed by atoms with Crippen molar-refractivity contribution in [1.82, 2.24) is 10.2 Å². The number of benzene rings is 1. The van der Waals surface area contributed by atoms with Crippen molar-refractivity contribution in [2.75, 3.05) is 13.1 Å². The summed E-state index contributed by atoms with van der Waals surface area (Å²) >= 11 is 12.3. The summed E-state index contributed by atoms with van der Waals surface area (Å²) in [5, 5.41) is 4.79. The number of hydrogen-bond donors (Lipinski definition) is 1. The van der Waals surface area contributed by atoms with Crippen LogP contribution in [0.2, 0.25) is 10.0 Å². The Hall–Kier alpha value is -0.770. The molecule has 1 aromatic carbocycles. The summed E-state index contributed by atoms with van der Waals surface area (Å²) in [6.07, 6.45) is 4.31. The number of halogens is 2. The van der Waals surface area contributed by atoms with E-state index in [0.29, 0.717) is 28.0 Å². The summed E-state index contributed by atoms with van der Waals surface area (Å²) in [6.45, 7) is 1.98. The van der Waals surface area contributed by atoms with Gasteiger partial charge in [-0.1, -0.05) is 29.3 Å². The molecule has 2 aliphatic heterocycles. The summed E-state index contributed by atoms with van der Waals surface area (Å²) in [4.78, 5) is 15.2. The second-order valence-corrected chi connectivity index (χ2v) is 7.58. The van der Waals surface area contributed by atoms with Gasteiger partial charge in [0.05, 0.1) is 0 Å². The van der Waals surface area contributed by atoms with E-state index < -0.39 is 0 Å². The molecule has 1 aromatic rings. The monoisotopic (exact) mass is 338 g/mol. The lowest BCUT2D eigenvalue weighted by atomic mass is 10.1. The lowest BCUT2D eigenvalue weighted by Crippen LogP contribution is -2.43. The zero-order chi connectivity index (χ0) is 15.3. The number of nitrogens with zero attached hydrogens (tertiary/aromatic N) is 1. The van der Waals surface area contributed by atoms with E-state index in [4.69, 9.17) is 23.2 Å². The van der Waals surface area contributed by atoms with E-state index in [9.17, 15) is 4.79 Å². The van der Waals surface area contributed by atoms with Crippen LogP contribution < -0.4 is 5.32 Å². The van der Waals surface area contributed by atoms with Crippen LogP contribution in [0.3, 0.4) is 0 Å². The zero-order valence-electron chi connectivity index (χ0n) is 12.4. The molecule has 3 aliphatic rings. The molecule has 22 heavy (non-hydrogen) atoms. The minimum atomic E-state index is 0.111. The first-order chi connectivity index (χ1) is 10.6. The molecule has 1 N–H and O–H groups in total. The molecule has 3 fully saturated rings. The van der Waals surface area contributed by atoms with Gasteiger partial charge in [-0.15, -0.1) is 0 Å². The van der Waals surface area contributed by atoms with Crippen LogP contribution in [0.1, 0.15) is 37.2 Å². The number of carbonyl (C=O) groups is 1. The minimum absolute atomic E-state index is 0.111. The predicted octanol–water partition coefficient (Wildman–Crippen LogP) is 3.45. The highest BCUT2D eigenvalue weighted by Crippen LogP contribution is 2.51. The Morgan fingerprint density at radius 3 is 2.82 bits per heavy atom. The van der Waals surface area contributed by atoms with Crippen LogP contribution in [0.15, 0.2) is 18.2 Å². The average molecular weight is 339 g/mol. The van der Waals surface area contributed by atoms with Crippen LogP contribution in [0.5, 0.6) is 0 Å². The quantitative estimate of drug-likeness (QED) is 0.895. The summed E-state index contributed by atoms with van der Waals surface area (Å²) in [5.74, 6) is 0.722. The SMILES string of the molecule is O=C(C1CC1c1ccc(Cl)cc1Cl)N1C2CCNCC1CC2. The number of carbonyl (C=O) groups excluding carboxylic acids is 1. The molecule has 2 heterocycles. The standard InChI is InChI=1S/C17H20Cl2N2O/c18-10-1-4-13(16(19)7-10)14-8-15(14)17(22)21-11-2-3-12(21)9-20-6-5-11/h1,4,7,11-12,14-15,20H,2-3,5-6,8-9H2. The third-order valence-corrected chi connectivity index (χ3v) is 5.94. The number of nitrogens with one attached hydrogen (secondary N) is 1. The Labute approximate surface area is 141 Å². The molecule has 3 nitrogen and oxygen atoms in total. The predicted molar refractivity (Wildman–Crippen MR) is 88.5 cm³/mol. The van der Waals surface area contributed by atoms with Gasteiger partial charge in [0.25, 0.3) is 0 Å². The third-order valence-electron chi connectivity index (χ3n) is 5.38. The van der Waals surface area contributed by atoms with Crippen LogP contribution in [0.25, 0.3) is 0 Å². The van der Waals surface area contributed by atoms with Crippen molar-refractivity contribution in [3.63, 3.8) is 0 Å². The molecule has 2 bridgehead atoms. The Kier molecular flexibility index (Phi) is 3.83. The fourth-order valence-corrected chi connectivity index (χ4v) is 4.70. The molecule has 1 saturated carbocycles. The lowest BCUT2D eigenvalue weighted by molar-refractivity contribution is -0.135. The molecule has 0 spiro atoms. The van der Waals surface area contributed by atoms with E-state index in [1.807, 2.05) is 12.1 Å². The van der Waals surface area contributed by atoms with E-state index in [-0.39, 0.29) is 11.8 Å². The van der Waals surface area contributed by atoms with Gasteiger partial charge in [0, 0.05) is 34.6 Å². The van der Waals surface area contributed by atoms with Gasteiger partial charge in [0.1, 0.15) is 0 Å². The van der Waals surface area contributed by atoms with Crippen LogP contribution in [-0.4, -0.2) is 36.0 Å². The van der Waals surface area contributed by atoms with E-state index in [1.165, 1.54) is 0 Å². The fourth-order valence-electron chi connectivity index (χ4n) is 4.15. The normalized spacial score (nSPS) is 33.6. The van der Waals surface area contributed by atoms with E-state index >= 15 is 0 Å². The molecule has 0 aromatic heterocycles. The maximum absolute atomic E-state index is 13.0. The van der Waals surface area contributed by atoms with E-state index in [0.717, 1.165) is 44.3 Å². The molecule has 1 amide bonds. The van der Waals surface area contributed by atoms with Gasteiger partial charge in [-0.25, -0.2) is 0 Å². The second kappa shape index (κ2) is 5.70. The maximum Gasteiger partial charge on any atom is 0.226 e. The highest BCUT2D eigenvalue weighted by atomic mass is 35.5. The van der Waals surface area contributed by atoms with Gasteiger partial charge < -0.3 is 10.2 Å². The van der Waals surface area contributed by atoms with Gasteiger partial charge >= 0.3 is 0 Å². The van der Waals surface area contributed by atoms with Crippen molar-refractivity contribution in [1.29, 1.82) is 0 Å². The molecule has 118 valence electrons. The molecular formula is C17H20Cl2N2O. The minimum Gasteiger partial charge on any atom is -0.335 e. The Morgan fingerprint density at radius 2 is 2.00 bits per heavy atom. The molecule has 4 atom stereocenters. The average Bonchev–Trinajstić information content (AvgIpc) is 3.18. The first-order valence-electron chi connectivity index (χ1n) is 8.13.